The Kier molecular flexibility index (Phi) is 5.32. The van der Waals surface area contributed by atoms with E-state index in [-0.39, 0.29) is 18.2 Å². The second kappa shape index (κ2) is 7.66. The average molecular weight is 375 g/mol. The first-order valence-electron chi connectivity index (χ1n) is 8.11. The van der Waals surface area contributed by atoms with Crippen molar-refractivity contribution >= 4 is 34.8 Å². The first-order valence-corrected chi connectivity index (χ1v) is 8.49. The second-order valence-corrected chi connectivity index (χ2v) is 6.32. The van der Waals surface area contributed by atoms with Gasteiger partial charge in [-0.15, -0.1) is 0 Å². The molecular weight excluding hydrogens is 356 g/mol. The molecule has 2 amide bonds. The number of methoxy groups -OCH3 is 2. The van der Waals surface area contributed by atoms with Gasteiger partial charge in [0.2, 0.25) is 11.8 Å². The summed E-state index contributed by atoms with van der Waals surface area (Å²) in [6.07, 6.45) is 0.160. The molecule has 136 valence electrons. The Hall–Kier alpha value is -2.73. The fraction of sp³-hybridized carbons (Fsp3) is 0.263. The summed E-state index contributed by atoms with van der Waals surface area (Å²) < 4.78 is 10.4. The van der Waals surface area contributed by atoms with Gasteiger partial charge in [-0.3, -0.25) is 9.59 Å². The van der Waals surface area contributed by atoms with Gasteiger partial charge in [-0.1, -0.05) is 29.8 Å². The van der Waals surface area contributed by atoms with Gasteiger partial charge in [0.1, 0.15) is 11.5 Å². The second-order valence-electron chi connectivity index (χ2n) is 5.92. The Morgan fingerprint density at radius 2 is 1.85 bits per heavy atom. The fourth-order valence-electron chi connectivity index (χ4n) is 2.93. The summed E-state index contributed by atoms with van der Waals surface area (Å²) in [5, 5.41) is 3.16. The minimum absolute atomic E-state index is 0.0731. The Bertz CT molecular complexity index is 826. The SMILES string of the molecule is COc1cc(OC)c(NC(=O)C2CC(=O)N(c3ccccc3)C2)cc1Cl. The summed E-state index contributed by atoms with van der Waals surface area (Å²) in [5.41, 5.74) is 1.23. The normalized spacial score (nSPS) is 16.5. The number of rotatable bonds is 5. The fourth-order valence-corrected chi connectivity index (χ4v) is 3.17. The Morgan fingerprint density at radius 1 is 1.15 bits per heavy atom. The number of carbonyl (C=O) groups excluding carboxylic acids is 2. The Labute approximate surface area is 156 Å². The third kappa shape index (κ3) is 3.60. The molecule has 2 aromatic carbocycles. The third-order valence-corrected chi connectivity index (χ3v) is 4.59. The lowest BCUT2D eigenvalue weighted by molar-refractivity contribution is -0.122. The number of carbonyl (C=O) groups is 2. The van der Waals surface area contributed by atoms with Crippen LogP contribution in [0.1, 0.15) is 6.42 Å². The van der Waals surface area contributed by atoms with Crippen molar-refractivity contribution in [2.75, 3.05) is 31.0 Å². The first kappa shape index (κ1) is 18.1. The van der Waals surface area contributed by atoms with E-state index in [0.29, 0.717) is 28.8 Å². The number of nitrogens with one attached hydrogen (secondary N) is 1. The zero-order valence-corrected chi connectivity index (χ0v) is 15.2. The van der Waals surface area contributed by atoms with Gasteiger partial charge in [0.25, 0.3) is 0 Å². The molecule has 1 unspecified atom stereocenters. The molecule has 0 aliphatic carbocycles. The van der Waals surface area contributed by atoms with Gasteiger partial charge in [-0.05, 0) is 18.2 Å². The molecule has 3 rings (SSSR count). The van der Waals surface area contributed by atoms with E-state index in [2.05, 4.69) is 5.32 Å². The van der Waals surface area contributed by atoms with E-state index in [4.69, 9.17) is 21.1 Å². The molecule has 1 aliphatic rings. The molecule has 1 saturated heterocycles. The third-order valence-electron chi connectivity index (χ3n) is 4.30. The van der Waals surface area contributed by atoms with Crippen molar-refractivity contribution < 1.29 is 19.1 Å². The molecule has 1 fully saturated rings. The number of amides is 2. The van der Waals surface area contributed by atoms with Crippen LogP contribution in [0.2, 0.25) is 5.02 Å². The van der Waals surface area contributed by atoms with Crippen LogP contribution in [0.4, 0.5) is 11.4 Å². The molecule has 7 heteroatoms. The van der Waals surface area contributed by atoms with Gasteiger partial charge in [0, 0.05) is 24.7 Å². The number of para-hydroxylation sites is 1. The molecule has 0 spiro atoms. The maximum absolute atomic E-state index is 12.7. The topological polar surface area (TPSA) is 67.9 Å². The number of hydrogen-bond acceptors (Lipinski definition) is 4. The van der Waals surface area contributed by atoms with Crippen molar-refractivity contribution in [3.63, 3.8) is 0 Å². The molecule has 1 aliphatic heterocycles. The Balaban J connectivity index is 1.75. The highest BCUT2D eigenvalue weighted by Gasteiger charge is 2.35. The van der Waals surface area contributed by atoms with E-state index in [9.17, 15) is 9.59 Å². The van der Waals surface area contributed by atoms with E-state index in [1.165, 1.54) is 14.2 Å². The van der Waals surface area contributed by atoms with Crippen LogP contribution in [-0.4, -0.2) is 32.6 Å². The molecule has 1 N–H and O–H groups in total. The van der Waals surface area contributed by atoms with E-state index in [1.54, 1.807) is 17.0 Å². The molecule has 0 aromatic heterocycles. The lowest BCUT2D eigenvalue weighted by atomic mass is 10.1. The highest BCUT2D eigenvalue weighted by molar-refractivity contribution is 6.32. The number of ether oxygens (including phenoxy) is 2. The van der Waals surface area contributed by atoms with Crippen molar-refractivity contribution in [2.45, 2.75) is 6.42 Å². The highest BCUT2D eigenvalue weighted by Crippen LogP contribution is 2.36. The molecule has 2 aromatic rings. The van der Waals surface area contributed by atoms with Crippen LogP contribution in [0.5, 0.6) is 11.5 Å². The predicted octanol–water partition coefficient (Wildman–Crippen LogP) is 3.35. The summed E-state index contributed by atoms with van der Waals surface area (Å²) >= 11 is 6.13. The molecule has 0 bridgehead atoms. The Morgan fingerprint density at radius 3 is 2.50 bits per heavy atom. The number of halogens is 1. The van der Waals surface area contributed by atoms with Gasteiger partial charge >= 0.3 is 0 Å². The van der Waals surface area contributed by atoms with E-state index < -0.39 is 5.92 Å². The van der Waals surface area contributed by atoms with Crippen LogP contribution < -0.4 is 19.7 Å². The molecule has 6 nitrogen and oxygen atoms in total. The van der Waals surface area contributed by atoms with Crippen LogP contribution >= 0.6 is 11.6 Å². The van der Waals surface area contributed by atoms with Crippen LogP contribution in [0.15, 0.2) is 42.5 Å². The molecule has 0 saturated carbocycles. The minimum atomic E-state index is -0.451. The van der Waals surface area contributed by atoms with Crippen molar-refractivity contribution in [3.05, 3.63) is 47.5 Å². The summed E-state index contributed by atoms with van der Waals surface area (Å²) in [6.45, 7) is 0.334. The standard InChI is InChI=1S/C19H19ClN2O4/c1-25-16-10-17(26-2)15(9-14(16)20)21-19(24)12-8-18(23)22(11-12)13-6-4-3-5-7-13/h3-7,9-10,12H,8,11H2,1-2H3,(H,21,24). The quantitative estimate of drug-likeness (QED) is 0.871. The van der Waals surface area contributed by atoms with Gasteiger partial charge in [0.05, 0.1) is 30.8 Å². The van der Waals surface area contributed by atoms with E-state index in [1.807, 2.05) is 30.3 Å². The molecule has 26 heavy (non-hydrogen) atoms. The maximum Gasteiger partial charge on any atom is 0.229 e. The molecule has 1 heterocycles. The van der Waals surface area contributed by atoms with Gasteiger partial charge in [-0.2, -0.15) is 0 Å². The van der Waals surface area contributed by atoms with Crippen LogP contribution in [0.3, 0.4) is 0 Å². The van der Waals surface area contributed by atoms with Gasteiger partial charge in [0.15, 0.2) is 0 Å². The van der Waals surface area contributed by atoms with Gasteiger partial charge in [-0.25, -0.2) is 0 Å². The number of hydrogen-bond donors (Lipinski definition) is 1. The zero-order chi connectivity index (χ0) is 18.7. The summed E-state index contributed by atoms with van der Waals surface area (Å²) in [4.78, 5) is 26.6. The van der Waals surface area contributed by atoms with Crippen molar-refractivity contribution in [2.24, 2.45) is 5.92 Å². The largest absolute Gasteiger partial charge is 0.495 e. The number of benzene rings is 2. The molecular formula is C19H19ClN2O4. The summed E-state index contributed by atoms with van der Waals surface area (Å²) in [5.74, 6) is 0.109. The van der Waals surface area contributed by atoms with E-state index >= 15 is 0 Å². The molecule has 0 radical (unpaired) electrons. The van der Waals surface area contributed by atoms with Gasteiger partial charge < -0.3 is 19.7 Å². The minimum Gasteiger partial charge on any atom is -0.495 e. The highest BCUT2D eigenvalue weighted by atomic mass is 35.5. The number of anilines is 2. The smallest absolute Gasteiger partial charge is 0.229 e. The summed E-state index contributed by atoms with van der Waals surface area (Å²) in [7, 11) is 3.00. The lowest BCUT2D eigenvalue weighted by Gasteiger charge is -2.17. The first-order chi connectivity index (χ1) is 12.5. The van der Waals surface area contributed by atoms with Crippen molar-refractivity contribution in [1.82, 2.24) is 0 Å². The summed E-state index contributed by atoms with van der Waals surface area (Å²) in [6, 6.07) is 12.5. The van der Waals surface area contributed by atoms with Crippen LogP contribution in [0.25, 0.3) is 0 Å². The monoisotopic (exact) mass is 374 g/mol. The van der Waals surface area contributed by atoms with Crippen molar-refractivity contribution in [1.29, 1.82) is 0 Å². The maximum atomic E-state index is 12.7. The molecule has 1 atom stereocenters. The van der Waals surface area contributed by atoms with Crippen LogP contribution in [0, 0.1) is 5.92 Å². The van der Waals surface area contributed by atoms with Crippen LogP contribution in [-0.2, 0) is 9.59 Å². The zero-order valence-electron chi connectivity index (χ0n) is 14.5. The average Bonchev–Trinajstić information content (AvgIpc) is 3.04. The lowest BCUT2D eigenvalue weighted by Crippen LogP contribution is -2.28. The van der Waals surface area contributed by atoms with E-state index in [0.717, 1.165) is 5.69 Å². The van der Waals surface area contributed by atoms with Crippen molar-refractivity contribution in [3.8, 4) is 11.5 Å². The predicted molar refractivity (Wildman–Crippen MR) is 100 cm³/mol. The number of nitrogens with zero attached hydrogens (tertiary/aromatic N) is 1.